The Morgan fingerprint density at radius 1 is 1.23 bits per heavy atom. The number of rotatable bonds is 2. The Morgan fingerprint density at radius 3 is 2.59 bits per heavy atom. The van der Waals surface area contributed by atoms with Gasteiger partial charge in [-0.2, -0.15) is 9.78 Å². The average molecular weight is 376 g/mol. The maximum Gasteiger partial charge on any atom is 0.283 e. The van der Waals surface area contributed by atoms with Gasteiger partial charge in [-0.3, -0.25) is 4.79 Å². The third-order valence-electron chi connectivity index (χ3n) is 3.54. The van der Waals surface area contributed by atoms with E-state index in [0.717, 1.165) is 25.3 Å². The molecule has 22 heavy (non-hydrogen) atoms. The van der Waals surface area contributed by atoms with Crippen LogP contribution in [-0.2, 0) is 0 Å². The van der Waals surface area contributed by atoms with Gasteiger partial charge in [-0.15, -0.1) is 11.3 Å². The number of aromatic nitrogens is 2. The molecule has 0 aliphatic heterocycles. The highest BCUT2D eigenvalue weighted by atomic mass is 79.9. The Kier molecular flexibility index (Phi) is 3.97. The molecule has 0 saturated carbocycles. The summed E-state index contributed by atoms with van der Waals surface area (Å²) in [5.41, 5.74) is 1.80. The van der Waals surface area contributed by atoms with E-state index in [0.29, 0.717) is 11.2 Å². The largest absolute Gasteiger partial charge is 0.283 e. The highest BCUT2D eigenvalue weighted by Gasteiger charge is 2.13. The Labute approximate surface area is 140 Å². The number of thiophene rings is 1. The van der Waals surface area contributed by atoms with E-state index in [1.54, 1.807) is 24.5 Å². The molecule has 0 spiro atoms. The van der Waals surface area contributed by atoms with Crippen molar-refractivity contribution in [1.29, 1.82) is 0 Å². The molecular formula is C16H14BrN3OS. The van der Waals surface area contributed by atoms with Gasteiger partial charge < -0.3 is 0 Å². The summed E-state index contributed by atoms with van der Waals surface area (Å²) < 4.78 is 2.37. The second-order valence-corrected chi connectivity index (χ2v) is 7.15. The molecule has 0 fully saturated rings. The third-order valence-corrected chi connectivity index (χ3v) is 5.16. The van der Waals surface area contributed by atoms with Crippen LogP contribution in [0.2, 0.25) is 0 Å². The molecule has 0 aliphatic rings. The molecule has 0 amide bonds. The normalized spacial score (nSPS) is 11.6. The van der Waals surface area contributed by atoms with E-state index < -0.39 is 0 Å². The molecule has 2 aromatic heterocycles. The van der Waals surface area contributed by atoms with Crippen molar-refractivity contribution in [2.24, 2.45) is 5.10 Å². The van der Waals surface area contributed by atoms with Crippen LogP contribution in [0.15, 0.2) is 38.6 Å². The van der Waals surface area contributed by atoms with Crippen LogP contribution in [-0.4, -0.2) is 15.9 Å². The van der Waals surface area contributed by atoms with E-state index in [4.69, 9.17) is 0 Å². The fourth-order valence-corrected chi connectivity index (χ4v) is 3.53. The summed E-state index contributed by atoms with van der Waals surface area (Å²) in [6.45, 7) is 5.76. The number of hydrogen-bond donors (Lipinski definition) is 0. The zero-order valence-electron chi connectivity index (χ0n) is 12.4. The van der Waals surface area contributed by atoms with E-state index in [2.05, 4.69) is 26.0 Å². The van der Waals surface area contributed by atoms with E-state index in [-0.39, 0.29) is 5.56 Å². The minimum Gasteiger partial charge on any atom is -0.267 e. The summed E-state index contributed by atoms with van der Waals surface area (Å²) in [5, 5.41) is 4.98. The van der Waals surface area contributed by atoms with Crippen molar-refractivity contribution in [3.8, 4) is 0 Å². The van der Waals surface area contributed by atoms with Crippen molar-refractivity contribution in [2.75, 3.05) is 0 Å². The van der Waals surface area contributed by atoms with Crippen LogP contribution in [0.4, 0.5) is 0 Å². The lowest BCUT2D eigenvalue weighted by molar-refractivity contribution is 0.772. The molecule has 3 aromatic rings. The molecular weight excluding hydrogens is 362 g/mol. The molecule has 0 saturated heterocycles. The Hall–Kier alpha value is -1.79. The van der Waals surface area contributed by atoms with Crippen LogP contribution >= 0.6 is 27.3 Å². The molecule has 0 aliphatic carbocycles. The van der Waals surface area contributed by atoms with E-state index >= 15 is 0 Å². The predicted octanol–water partition coefficient (Wildman–Crippen LogP) is 4.03. The number of halogens is 1. The topological polar surface area (TPSA) is 47.2 Å². The van der Waals surface area contributed by atoms with E-state index in [9.17, 15) is 4.79 Å². The van der Waals surface area contributed by atoms with Gasteiger partial charge in [-0.1, -0.05) is 28.1 Å². The fourth-order valence-electron chi connectivity index (χ4n) is 2.20. The fraction of sp³-hybridized carbons (Fsp3) is 0.188. The lowest BCUT2D eigenvalue weighted by Crippen LogP contribution is -2.20. The third kappa shape index (κ3) is 2.64. The zero-order valence-corrected chi connectivity index (χ0v) is 14.8. The highest BCUT2D eigenvalue weighted by Crippen LogP contribution is 2.26. The van der Waals surface area contributed by atoms with Gasteiger partial charge in [0, 0.05) is 9.35 Å². The van der Waals surface area contributed by atoms with Gasteiger partial charge >= 0.3 is 0 Å². The molecule has 0 unspecified atom stereocenters. The van der Waals surface area contributed by atoms with Gasteiger partial charge in [-0.25, -0.2) is 4.98 Å². The Morgan fingerprint density at radius 2 is 1.91 bits per heavy atom. The lowest BCUT2D eigenvalue weighted by Gasteiger charge is -2.03. The summed E-state index contributed by atoms with van der Waals surface area (Å²) in [6.07, 6.45) is 1.67. The quantitative estimate of drug-likeness (QED) is 0.634. The van der Waals surface area contributed by atoms with Gasteiger partial charge in [0.2, 0.25) is 0 Å². The molecule has 112 valence electrons. The summed E-state index contributed by atoms with van der Waals surface area (Å²) in [4.78, 5) is 19.1. The van der Waals surface area contributed by atoms with Crippen LogP contribution in [0, 0.1) is 20.8 Å². The van der Waals surface area contributed by atoms with Crippen LogP contribution in [0.1, 0.15) is 21.8 Å². The van der Waals surface area contributed by atoms with Gasteiger partial charge in [0.25, 0.3) is 5.56 Å². The summed E-state index contributed by atoms with van der Waals surface area (Å²) in [5.74, 6) is 0.590. The zero-order chi connectivity index (χ0) is 15.9. The van der Waals surface area contributed by atoms with Crippen LogP contribution in [0.3, 0.4) is 0 Å². The summed E-state index contributed by atoms with van der Waals surface area (Å²) in [7, 11) is 0. The first kappa shape index (κ1) is 15.1. The lowest BCUT2D eigenvalue weighted by atomic mass is 10.2. The van der Waals surface area contributed by atoms with Gasteiger partial charge in [0.05, 0.1) is 11.6 Å². The van der Waals surface area contributed by atoms with E-state index in [1.165, 1.54) is 4.68 Å². The second-order valence-electron chi connectivity index (χ2n) is 5.04. The number of nitrogens with zero attached hydrogens (tertiary/aromatic N) is 3. The number of benzene rings is 1. The maximum atomic E-state index is 12.7. The van der Waals surface area contributed by atoms with Crippen LogP contribution in [0.5, 0.6) is 0 Å². The number of aryl methyl sites for hydroxylation is 3. The molecule has 0 atom stereocenters. The first-order valence-electron chi connectivity index (χ1n) is 6.76. The molecule has 0 radical (unpaired) electrons. The Balaban J connectivity index is 2.12. The first-order chi connectivity index (χ1) is 10.5. The second kappa shape index (κ2) is 5.78. The predicted molar refractivity (Wildman–Crippen MR) is 95.2 cm³/mol. The minimum absolute atomic E-state index is 0.113. The van der Waals surface area contributed by atoms with Crippen LogP contribution in [0.25, 0.3) is 10.2 Å². The van der Waals surface area contributed by atoms with Gasteiger partial charge in [-0.05, 0) is 44.0 Å². The Bertz CT molecular complexity index is 939. The van der Waals surface area contributed by atoms with Crippen molar-refractivity contribution >= 4 is 43.7 Å². The van der Waals surface area contributed by atoms with Crippen molar-refractivity contribution in [1.82, 2.24) is 9.66 Å². The smallest absolute Gasteiger partial charge is 0.267 e. The monoisotopic (exact) mass is 375 g/mol. The molecule has 3 rings (SSSR count). The number of fused-ring (bicyclic) bond motifs is 1. The van der Waals surface area contributed by atoms with Crippen molar-refractivity contribution in [3.05, 3.63) is 60.9 Å². The minimum atomic E-state index is -0.113. The van der Waals surface area contributed by atoms with Gasteiger partial charge in [0.1, 0.15) is 10.7 Å². The van der Waals surface area contributed by atoms with Crippen molar-refractivity contribution in [3.63, 3.8) is 0 Å². The molecule has 0 bridgehead atoms. The van der Waals surface area contributed by atoms with Crippen LogP contribution < -0.4 is 5.56 Å². The molecule has 2 heterocycles. The molecule has 4 nitrogen and oxygen atoms in total. The van der Waals surface area contributed by atoms with E-state index in [1.807, 2.05) is 38.1 Å². The average Bonchev–Trinajstić information content (AvgIpc) is 2.75. The summed E-state index contributed by atoms with van der Waals surface area (Å²) in [6, 6.07) is 7.73. The molecule has 0 N–H and O–H groups in total. The highest BCUT2D eigenvalue weighted by molar-refractivity contribution is 9.10. The molecule has 1 aromatic carbocycles. The first-order valence-corrected chi connectivity index (χ1v) is 8.37. The van der Waals surface area contributed by atoms with Gasteiger partial charge in [0.15, 0.2) is 0 Å². The summed E-state index contributed by atoms with van der Waals surface area (Å²) >= 11 is 4.94. The maximum absolute atomic E-state index is 12.7. The SMILES string of the molecule is Cc1sc2nc(C)n(/N=C\c3ccc(Br)cc3)c(=O)c2c1C. The number of hydrogen-bond acceptors (Lipinski definition) is 4. The molecule has 6 heteroatoms. The van der Waals surface area contributed by atoms with Crippen molar-refractivity contribution in [2.45, 2.75) is 20.8 Å². The van der Waals surface area contributed by atoms with Crippen molar-refractivity contribution < 1.29 is 0 Å². The standard InChI is InChI=1S/C16H14BrN3OS/c1-9-10(2)22-15-14(9)16(21)20(11(3)19-15)18-8-12-4-6-13(17)7-5-12/h4-8H,1-3H3/b18-8-.